The Morgan fingerprint density at radius 3 is 2.39 bits per heavy atom. The lowest BCUT2D eigenvalue weighted by Gasteiger charge is -2.33. The second-order valence-electron chi connectivity index (χ2n) is 5.50. The highest BCUT2D eigenvalue weighted by Gasteiger charge is 2.39. The van der Waals surface area contributed by atoms with Gasteiger partial charge in [-0.05, 0) is 32.6 Å². The van der Waals surface area contributed by atoms with Crippen LogP contribution in [0.5, 0.6) is 0 Å². The summed E-state index contributed by atoms with van der Waals surface area (Å²) in [6.45, 7) is 4.59. The van der Waals surface area contributed by atoms with Crippen molar-refractivity contribution >= 4 is 11.9 Å². The van der Waals surface area contributed by atoms with E-state index in [1.807, 2.05) is 18.7 Å². The fraction of sp³-hybridized carbons (Fsp3) is 0.857. The third-order valence-corrected chi connectivity index (χ3v) is 3.88. The number of carbonyl (C=O) groups excluding carboxylic acids is 2. The number of hydrogen-bond donors (Lipinski definition) is 0. The van der Waals surface area contributed by atoms with Gasteiger partial charge in [0.2, 0.25) is 5.91 Å². The fourth-order valence-corrected chi connectivity index (χ4v) is 2.35. The monoisotopic (exact) mass is 253 g/mol. The summed E-state index contributed by atoms with van der Waals surface area (Å²) in [6.07, 6.45) is 5.40. The van der Waals surface area contributed by atoms with E-state index in [1.54, 1.807) is 0 Å². The number of amides is 1. The summed E-state index contributed by atoms with van der Waals surface area (Å²) in [5, 5.41) is 0. The van der Waals surface area contributed by atoms with E-state index in [9.17, 15) is 9.59 Å². The summed E-state index contributed by atoms with van der Waals surface area (Å²) < 4.78 is 5.01. The number of rotatable bonds is 6. The molecule has 2 aliphatic rings. The Morgan fingerprint density at radius 1 is 1.28 bits per heavy atom. The normalized spacial score (nSPS) is 21.0. The molecule has 0 spiro atoms. The molecule has 0 aromatic rings. The Kier molecular flexibility index (Phi) is 4.25. The Morgan fingerprint density at radius 2 is 1.94 bits per heavy atom. The van der Waals surface area contributed by atoms with Crippen LogP contribution in [0.15, 0.2) is 0 Å². The summed E-state index contributed by atoms with van der Waals surface area (Å²) in [6, 6.07) is 0.384. The van der Waals surface area contributed by atoms with E-state index in [4.69, 9.17) is 4.74 Å². The second kappa shape index (κ2) is 5.72. The zero-order valence-corrected chi connectivity index (χ0v) is 11.4. The minimum atomic E-state index is -0.213. The smallest absolute Gasteiger partial charge is 0.310 e. The van der Waals surface area contributed by atoms with Crippen LogP contribution >= 0.6 is 0 Å². The highest BCUT2D eigenvalue weighted by molar-refractivity contribution is 5.81. The van der Waals surface area contributed by atoms with E-state index in [0.717, 1.165) is 25.7 Å². The molecule has 0 radical (unpaired) electrons. The number of nitrogens with zero attached hydrogens (tertiary/aromatic N) is 1. The maximum Gasteiger partial charge on any atom is 0.310 e. The summed E-state index contributed by atoms with van der Waals surface area (Å²) in [4.78, 5) is 25.9. The van der Waals surface area contributed by atoms with Crippen LogP contribution in [0.4, 0.5) is 0 Å². The van der Waals surface area contributed by atoms with E-state index in [2.05, 4.69) is 0 Å². The molecule has 2 saturated carbocycles. The Hall–Kier alpha value is -1.06. The Bertz CT molecular complexity index is 321. The van der Waals surface area contributed by atoms with Crippen LogP contribution in [-0.4, -0.2) is 36.0 Å². The van der Waals surface area contributed by atoms with Gasteiger partial charge in [0.05, 0.1) is 12.5 Å². The van der Waals surface area contributed by atoms with E-state index >= 15 is 0 Å². The topological polar surface area (TPSA) is 46.6 Å². The minimum Gasteiger partial charge on any atom is -0.466 e. The number of hydrogen-bond acceptors (Lipinski definition) is 3. The quantitative estimate of drug-likeness (QED) is 0.680. The van der Waals surface area contributed by atoms with Gasteiger partial charge < -0.3 is 9.64 Å². The second-order valence-corrected chi connectivity index (χ2v) is 5.50. The van der Waals surface area contributed by atoms with E-state index in [-0.39, 0.29) is 23.7 Å². The zero-order valence-electron chi connectivity index (χ0n) is 11.4. The summed E-state index contributed by atoms with van der Waals surface area (Å²) >= 11 is 0. The number of esters is 1. The SMILES string of the molecule is CCOC(=O)C(C)CN(C(=O)C1CCC1)C1CC1. The van der Waals surface area contributed by atoms with Crippen molar-refractivity contribution in [2.75, 3.05) is 13.2 Å². The van der Waals surface area contributed by atoms with Crippen LogP contribution in [-0.2, 0) is 14.3 Å². The lowest BCUT2D eigenvalue weighted by atomic mass is 9.84. The molecule has 4 nitrogen and oxygen atoms in total. The minimum absolute atomic E-state index is 0.190. The first-order valence-corrected chi connectivity index (χ1v) is 7.10. The predicted molar refractivity (Wildman–Crippen MR) is 67.9 cm³/mol. The summed E-state index contributed by atoms with van der Waals surface area (Å²) in [7, 11) is 0. The van der Waals surface area contributed by atoms with Gasteiger partial charge in [0.25, 0.3) is 0 Å². The third kappa shape index (κ3) is 3.03. The van der Waals surface area contributed by atoms with Crippen molar-refractivity contribution in [3.05, 3.63) is 0 Å². The van der Waals surface area contributed by atoms with Gasteiger partial charge in [-0.1, -0.05) is 13.3 Å². The highest BCUT2D eigenvalue weighted by Crippen LogP contribution is 2.34. The first kappa shape index (κ1) is 13.4. The third-order valence-electron chi connectivity index (χ3n) is 3.88. The molecule has 0 saturated heterocycles. The molecule has 0 aliphatic heterocycles. The molecule has 0 aromatic heterocycles. The van der Waals surface area contributed by atoms with Gasteiger partial charge in [0.15, 0.2) is 0 Å². The molecule has 102 valence electrons. The molecule has 0 N–H and O–H groups in total. The molecule has 1 unspecified atom stereocenters. The molecule has 1 atom stereocenters. The molecular weight excluding hydrogens is 230 g/mol. The summed E-state index contributed by atoms with van der Waals surface area (Å²) in [5.74, 6) is 0.0824. The number of carbonyl (C=O) groups is 2. The molecule has 4 heteroatoms. The van der Waals surface area contributed by atoms with Crippen molar-refractivity contribution in [2.45, 2.75) is 52.0 Å². The zero-order chi connectivity index (χ0) is 13.1. The van der Waals surface area contributed by atoms with Crippen molar-refractivity contribution in [2.24, 2.45) is 11.8 Å². The van der Waals surface area contributed by atoms with Gasteiger partial charge >= 0.3 is 5.97 Å². The standard InChI is InChI=1S/C14H23NO3/c1-3-18-14(17)10(2)9-15(12-7-8-12)13(16)11-5-4-6-11/h10-12H,3-9H2,1-2H3. The van der Waals surface area contributed by atoms with Gasteiger partial charge in [0.1, 0.15) is 0 Å². The van der Waals surface area contributed by atoms with Gasteiger partial charge in [-0.3, -0.25) is 9.59 Å². The molecule has 18 heavy (non-hydrogen) atoms. The molecule has 0 bridgehead atoms. The molecule has 0 heterocycles. The van der Waals surface area contributed by atoms with Gasteiger partial charge in [-0.2, -0.15) is 0 Å². The largest absolute Gasteiger partial charge is 0.466 e. The molecular formula is C14H23NO3. The maximum absolute atomic E-state index is 12.3. The average Bonchev–Trinajstić information content (AvgIpc) is 3.07. The van der Waals surface area contributed by atoms with Crippen LogP contribution in [0.25, 0.3) is 0 Å². The van der Waals surface area contributed by atoms with Crippen LogP contribution in [0.1, 0.15) is 46.0 Å². The molecule has 2 fully saturated rings. The molecule has 2 rings (SSSR count). The van der Waals surface area contributed by atoms with Crippen molar-refractivity contribution in [1.82, 2.24) is 4.90 Å². The van der Waals surface area contributed by atoms with Crippen LogP contribution in [0, 0.1) is 11.8 Å². The number of ether oxygens (including phenoxy) is 1. The molecule has 0 aromatic carbocycles. The highest BCUT2D eigenvalue weighted by atomic mass is 16.5. The van der Waals surface area contributed by atoms with E-state index in [1.165, 1.54) is 6.42 Å². The van der Waals surface area contributed by atoms with Crippen LogP contribution in [0.3, 0.4) is 0 Å². The van der Waals surface area contributed by atoms with Gasteiger partial charge in [-0.25, -0.2) is 0 Å². The van der Waals surface area contributed by atoms with Crippen molar-refractivity contribution in [1.29, 1.82) is 0 Å². The lowest BCUT2D eigenvalue weighted by Crippen LogP contribution is -2.43. The van der Waals surface area contributed by atoms with Crippen molar-refractivity contribution in [3.63, 3.8) is 0 Å². The van der Waals surface area contributed by atoms with Crippen LogP contribution in [0.2, 0.25) is 0 Å². The van der Waals surface area contributed by atoms with E-state index < -0.39 is 0 Å². The van der Waals surface area contributed by atoms with Gasteiger partial charge in [0, 0.05) is 18.5 Å². The lowest BCUT2D eigenvalue weighted by molar-refractivity contribution is -0.149. The van der Waals surface area contributed by atoms with Crippen molar-refractivity contribution < 1.29 is 14.3 Å². The fourth-order valence-electron chi connectivity index (χ4n) is 2.35. The van der Waals surface area contributed by atoms with Crippen molar-refractivity contribution in [3.8, 4) is 0 Å². The Balaban J connectivity index is 1.89. The molecule has 1 amide bonds. The Labute approximate surface area is 109 Å². The molecule has 2 aliphatic carbocycles. The first-order chi connectivity index (χ1) is 8.63. The summed E-state index contributed by atoms with van der Waals surface area (Å²) in [5.41, 5.74) is 0. The van der Waals surface area contributed by atoms with Crippen LogP contribution < -0.4 is 0 Å². The maximum atomic E-state index is 12.3. The van der Waals surface area contributed by atoms with E-state index in [0.29, 0.717) is 19.2 Å². The predicted octanol–water partition coefficient (Wildman–Crippen LogP) is 1.98. The average molecular weight is 253 g/mol. The van der Waals surface area contributed by atoms with Gasteiger partial charge in [-0.15, -0.1) is 0 Å². The first-order valence-electron chi connectivity index (χ1n) is 7.10.